The number of carbonyl (C=O) groups is 3. The van der Waals surface area contributed by atoms with Crippen LogP contribution in [0.4, 0.5) is 0 Å². The van der Waals surface area contributed by atoms with Crippen molar-refractivity contribution in [2.75, 3.05) is 32.7 Å². The van der Waals surface area contributed by atoms with Crippen LogP contribution in [0.25, 0.3) is 0 Å². The van der Waals surface area contributed by atoms with Crippen LogP contribution in [0.1, 0.15) is 18.5 Å². The maximum Gasteiger partial charge on any atom is 0.290 e. The van der Waals surface area contributed by atoms with Crippen molar-refractivity contribution in [2.24, 2.45) is 17.6 Å². The number of amides is 2. The lowest BCUT2D eigenvalue weighted by atomic mass is 9.96. The molecule has 154 valence electrons. The van der Waals surface area contributed by atoms with Crippen LogP contribution in [0.5, 0.6) is 0 Å². The van der Waals surface area contributed by atoms with Crippen molar-refractivity contribution in [3.05, 3.63) is 24.3 Å². The van der Waals surface area contributed by atoms with Crippen molar-refractivity contribution in [2.45, 2.75) is 25.4 Å². The maximum absolute atomic E-state index is 12.5. The number of primary amides is 1. The SMILES string of the molecule is NC(=O)C1CCN(CC(=O)N2C[C@@H](Cc3cnccn3)[C@H](O)C2)CC1.O=CO. The third kappa shape index (κ3) is 6.24. The molecule has 2 amide bonds. The normalized spacial score (nSPS) is 23.0. The van der Waals surface area contributed by atoms with Gasteiger partial charge in [-0.05, 0) is 32.4 Å². The standard InChI is InChI=1S/C17H25N5O3.CH2O2/c18-17(25)12-1-5-21(6-2-12)11-16(24)22-9-13(15(23)10-22)7-14-8-19-3-4-20-14;2-1-3/h3-4,8,12-13,15,23H,1-2,5-7,9-11H2,(H2,18,25);1H,(H,2,3)/t13-,15-;/m1./s1. The molecule has 2 aliphatic rings. The number of β-amino-alcohol motifs (C(OH)–C–C–N with tert-alkyl or cyclic N) is 1. The van der Waals surface area contributed by atoms with Gasteiger partial charge in [-0.2, -0.15) is 0 Å². The maximum atomic E-state index is 12.5. The molecule has 1 aromatic heterocycles. The van der Waals surface area contributed by atoms with Crippen LogP contribution in [0.15, 0.2) is 18.6 Å². The van der Waals surface area contributed by atoms with Gasteiger partial charge in [-0.15, -0.1) is 0 Å². The fourth-order valence-corrected chi connectivity index (χ4v) is 3.63. The Hall–Kier alpha value is -2.59. The fourth-order valence-electron chi connectivity index (χ4n) is 3.63. The molecule has 0 radical (unpaired) electrons. The van der Waals surface area contributed by atoms with E-state index in [1.165, 1.54) is 0 Å². The van der Waals surface area contributed by atoms with Gasteiger partial charge in [0.05, 0.1) is 18.3 Å². The zero-order valence-electron chi connectivity index (χ0n) is 15.7. The largest absolute Gasteiger partial charge is 0.483 e. The quantitative estimate of drug-likeness (QED) is 0.525. The van der Waals surface area contributed by atoms with Gasteiger partial charge in [0.15, 0.2) is 0 Å². The first kappa shape index (κ1) is 21.7. The highest BCUT2D eigenvalue weighted by molar-refractivity contribution is 5.79. The summed E-state index contributed by atoms with van der Waals surface area (Å²) in [6.07, 6.45) is 6.44. The van der Waals surface area contributed by atoms with Crippen LogP contribution < -0.4 is 5.73 Å². The molecule has 2 fully saturated rings. The summed E-state index contributed by atoms with van der Waals surface area (Å²) in [6, 6.07) is 0. The Morgan fingerprint density at radius 2 is 1.93 bits per heavy atom. The van der Waals surface area contributed by atoms with E-state index in [9.17, 15) is 14.7 Å². The summed E-state index contributed by atoms with van der Waals surface area (Å²) in [5.41, 5.74) is 6.17. The minimum absolute atomic E-state index is 0.0127. The molecular formula is C18H27N5O5. The van der Waals surface area contributed by atoms with Gasteiger partial charge in [0.25, 0.3) is 6.47 Å². The summed E-state index contributed by atoms with van der Waals surface area (Å²) in [6.45, 7) is 2.39. The lowest BCUT2D eigenvalue weighted by Crippen LogP contribution is -2.44. The number of aliphatic hydroxyl groups is 1. The molecule has 0 bridgehead atoms. The molecule has 0 unspecified atom stereocenters. The minimum Gasteiger partial charge on any atom is -0.483 e. The van der Waals surface area contributed by atoms with Crippen molar-refractivity contribution in [3.8, 4) is 0 Å². The molecule has 3 heterocycles. The molecule has 28 heavy (non-hydrogen) atoms. The zero-order valence-corrected chi connectivity index (χ0v) is 15.7. The number of nitrogens with two attached hydrogens (primary N) is 1. The van der Waals surface area contributed by atoms with E-state index in [1.54, 1.807) is 23.5 Å². The molecule has 0 aromatic carbocycles. The molecule has 0 spiro atoms. The number of carbonyl (C=O) groups excluding carboxylic acids is 2. The third-order valence-corrected chi connectivity index (χ3v) is 5.20. The average molecular weight is 393 g/mol. The molecule has 2 aliphatic heterocycles. The first-order valence-corrected chi connectivity index (χ1v) is 9.24. The van der Waals surface area contributed by atoms with Crippen molar-refractivity contribution in [3.63, 3.8) is 0 Å². The molecule has 2 saturated heterocycles. The average Bonchev–Trinajstić information content (AvgIpc) is 3.04. The van der Waals surface area contributed by atoms with Gasteiger partial charge in [0.1, 0.15) is 0 Å². The highest BCUT2D eigenvalue weighted by atomic mass is 16.3. The summed E-state index contributed by atoms with van der Waals surface area (Å²) >= 11 is 0. The molecule has 0 aliphatic carbocycles. The Balaban J connectivity index is 0.000000878. The van der Waals surface area contributed by atoms with Crippen LogP contribution in [0.2, 0.25) is 0 Å². The smallest absolute Gasteiger partial charge is 0.290 e. The molecule has 3 rings (SSSR count). The van der Waals surface area contributed by atoms with E-state index in [0.717, 1.165) is 5.69 Å². The molecule has 4 N–H and O–H groups in total. The minimum atomic E-state index is -0.536. The van der Waals surface area contributed by atoms with E-state index in [1.807, 2.05) is 0 Å². The van der Waals surface area contributed by atoms with Gasteiger partial charge < -0.3 is 20.8 Å². The van der Waals surface area contributed by atoms with Gasteiger partial charge in [-0.25, -0.2) is 0 Å². The van der Waals surface area contributed by atoms with E-state index >= 15 is 0 Å². The van der Waals surface area contributed by atoms with E-state index in [4.69, 9.17) is 15.6 Å². The number of likely N-dealkylation sites (tertiary alicyclic amines) is 2. The van der Waals surface area contributed by atoms with Crippen molar-refractivity contribution >= 4 is 18.3 Å². The van der Waals surface area contributed by atoms with Gasteiger partial charge in [-0.1, -0.05) is 0 Å². The monoisotopic (exact) mass is 393 g/mol. The van der Waals surface area contributed by atoms with E-state index in [-0.39, 0.29) is 30.1 Å². The number of hydrogen-bond acceptors (Lipinski definition) is 7. The Morgan fingerprint density at radius 3 is 2.50 bits per heavy atom. The van der Waals surface area contributed by atoms with E-state index in [0.29, 0.717) is 52.0 Å². The number of aliphatic hydroxyl groups excluding tert-OH is 1. The predicted octanol–water partition coefficient (Wildman–Crippen LogP) is -1.26. The van der Waals surface area contributed by atoms with Crippen molar-refractivity contribution in [1.29, 1.82) is 0 Å². The number of aromatic nitrogens is 2. The van der Waals surface area contributed by atoms with Crippen LogP contribution >= 0.6 is 0 Å². The number of carboxylic acid groups (broad SMARTS) is 1. The molecule has 1 aromatic rings. The Kier molecular flexibility index (Phi) is 8.27. The van der Waals surface area contributed by atoms with Crippen molar-refractivity contribution in [1.82, 2.24) is 19.8 Å². The van der Waals surface area contributed by atoms with Gasteiger partial charge in [-0.3, -0.25) is 29.3 Å². The van der Waals surface area contributed by atoms with Crippen LogP contribution in [-0.4, -0.2) is 87.1 Å². The highest BCUT2D eigenvalue weighted by Crippen LogP contribution is 2.22. The molecule has 0 saturated carbocycles. The molecule has 10 nitrogen and oxygen atoms in total. The topological polar surface area (TPSA) is 150 Å². The van der Waals surface area contributed by atoms with Gasteiger partial charge in [0.2, 0.25) is 11.8 Å². The molecule has 2 atom stereocenters. The number of rotatable bonds is 5. The zero-order chi connectivity index (χ0) is 20.5. The lowest BCUT2D eigenvalue weighted by Gasteiger charge is -2.31. The summed E-state index contributed by atoms with van der Waals surface area (Å²) in [4.78, 5) is 44.2. The van der Waals surface area contributed by atoms with Gasteiger partial charge in [0, 0.05) is 43.5 Å². The lowest BCUT2D eigenvalue weighted by molar-refractivity contribution is -0.132. The third-order valence-electron chi connectivity index (χ3n) is 5.20. The summed E-state index contributed by atoms with van der Waals surface area (Å²) < 4.78 is 0. The first-order chi connectivity index (χ1) is 13.4. The Labute approximate surface area is 163 Å². The summed E-state index contributed by atoms with van der Waals surface area (Å²) in [5.74, 6) is -0.309. The number of hydrogen-bond donors (Lipinski definition) is 3. The Morgan fingerprint density at radius 1 is 1.25 bits per heavy atom. The molecule has 10 heteroatoms. The van der Waals surface area contributed by atoms with E-state index < -0.39 is 6.10 Å². The molecular weight excluding hydrogens is 366 g/mol. The second kappa shape index (κ2) is 10.7. The fraction of sp³-hybridized carbons (Fsp3) is 0.611. The van der Waals surface area contributed by atoms with Crippen LogP contribution in [-0.2, 0) is 20.8 Å². The first-order valence-electron chi connectivity index (χ1n) is 9.24. The summed E-state index contributed by atoms with van der Waals surface area (Å²) in [5, 5.41) is 17.2. The Bertz CT molecular complexity index is 651. The second-order valence-corrected chi connectivity index (χ2v) is 7.09. The van der Waals surface area contributed by atoms with E-state index in [2.05, 4.69) is 14.9 Å². The highest BCUT2D eigenvalue weighted by Gasteiger charge is 2.35. The van der Waals surface area contributed by atoms with Crippen LogP contribution in [0.3, 0.4) is 0 Å². The summed E-state index contributed by atoms with van der Waals surface area (Å²) in [7, 11) is 0. The van der Waals surface area contributed by atoms with Gasteiger partial charge >= 0.3 is 0 Å². The number of nitrogens with zero attached hydrogens (tertiary/aromatic N) is 4. The second-order valence-electron chi connectivity index (χ2n) is 7.09. The predicted molar refractivity (Wildman–Crippen MR) is 98.9 cm³/mol. The number of piperidine rings is 1. The van der Waals surface area contributed by atoms with Crippen molar-refractivity contribution < 1.29 is 24.6 Å². The van der Waals surface area contributed by atoms with Crippen LogP contribution in [0, 0.1) is 11.8 Å².